The molecule has 2 aliphatic heterocycles. The van der Waals surface area contributed by atoms with E-state index in [1.54, 1.807) is 11.0 Å². The van der Waals surface area contributed by atoms with Crippen LogP contribution in [0.1, 0.15) is 66.6 Å². The fourth-order valence-corrected chi connectivity index (χ4v) is 5.82. The molecule has 37 heavy (non-hydrogen) atoms. The Hall–Kier alpha value is -3.45. The maximum absolute atomic E-state index is 14.0. The van der Waals surface area contributed by atoms with Gasteiger partial charge in [-0.3, -0.25) is 9.59 Å². The monoisotopic (exact) mass is 501 g/mol. The SMILES string of the molecule is CC(C)Cc1cc(C(=O)N2CCC3(CC2)C[C@@H]([C@H](O)c2ccccc2)N(Cc2ccccc2)C3=O)on1. The standard InChI is InChI=1S/C30H35N3O4/c1-21(2)17-24-18-26(37-31-24)28(35)32-15-13-30(14-16-32)19-25(27(34)23-11-7-4-8-12-23)33(29(30)36)20-22-9-5-3-6-10-22/h3-12,18,21,25,27,34H,13-17,19-20H2,1-2H3/t25-,27+/m0/s1. The van der Waals surface area contributed by atoms with Crippen molar-refractivity contribution in [3.05, 3.63) is 89.3 Å². The summed E-state index contributed by atoms with van der Waals surface area (Å²) in [5.41, 5.74) is 2.04. The Morgan fingerprint density at radius 1 is 1.08 bits per heavy atom. The number of aromatic nitrogens is 1. The van der Waals surface area contributed by atoms with Crippen molar-refractivity contribution in [2.45, 2.75) is 58.2 Å². The number of rotatable bonds is 7. The van der Waals surface area contributed by atoms with Crippen molar-refractivity contribution in [3.63, 3.8) is 0 Å². The normalized spacial score (nSPS) is 20.1. The topological polar surface area (TPSA) is 86.9 Å². The first-order valence-corrected chi connectivity index (χ1v) is 13.2. The molecule has 2 saturated heterocycles. The van der Waals surface area contributed by atoms with Crippen LogP contribution in [0.15, 0.2) is 71.3 Å². The lowest BCUT2D eigenvalue weighted by Crippen LogP contribution is -2.46. The van der Waals surface area contributed by atoms with Crippen molar-refractivity contribution in [1.29, 1.82) is 0 Å². The minimum Gasteiger partial charge on any atom is -0.386 e. The van der Waals surface area contributed by atoms with E-state index in [9.17, 15) is 14.7 Å². The van der Waals surface area contributed by atoms with Crippen molar-refractivity contribution in [2.75, 3.05) is 13.1 Å². The molecule has 1 spiro atoms. The molecule has 0 aliphatic carbocycles. The van der Waals surface area contributed by atoms with E-state index in [1.165, 1.54) is 0 Å². The second kappa shape index (κ2) is 10.5. The fraction of sp³-hybridized carbons (Fsp3) is 0.433. The van der Waals surface area contributed by atoms with E-state index in [0.29, 0.717) is 44.8 Å². The van der Waals surface area contributed by atoms with Crippen LogP contribution < -0.4 is 0 Å². The lowest BCUT2D eigenvalue weighted by atomic mass is 9.75. The second-order valence-corrected chi connectivity index (χ2v) is 10.9. The summed E-state index contributed by atoms with van der Waals surface area (Å²) < 4.78 is 5.35. The molecule has 3 heterocycles. The number of carbonyl (C=O) groups excluding carboxylic acids is 2. The fourth-order valence-electron chi connectivity index (χ4n) is 5.82. The third-order valence-corrected chi connectivity index (χ3v) is 7.81. The van der Waals surface area contributed by atoms with E-state index in [-0.39, 0.29) is 23.6 Å². The van der Waals surface area contributed by atoms with Gasteiger partial charge in [0.15, 0.2) is 0 Å². The first-order valence-electron chi connectivity index (χ1n) is 13.2. The van der Waals surface area contributed by atoms with Gasteiger partial charge in [0.1, 0.15) is 0 Å². The molecule has 0 radical (unpaired) electrons. The zero-order chi connectivity index (χ0) is 26.0. The van der Waals surface area contributed by atoms with Gasteiger partial charge in [-0.25, -0.2) is 0 Å². The molecule has 2 fully saturated rings. The minimum atomic E-state index is -0.776. The highest BCUT2D eigenvalue weighted by molar-refractivity contribution is 5.92. The van der Waals surface area contributed by atoms with Crippen molar-refractivity contribution in [3.8, 4) is 0 Å². The van der Waals surface area contributed by atoms with Crippen LogP contribution in [0, 0.1) is 11.3 Å². The molecular weight excluding hydrogens is 466 g/mol. The van der Waals surface area contributed by atoms with Crippen LogP contribution in [0.25, 0.3) is 0 Å². The van der Waals surface area contributed by atoms with E-state index in [1.807, 2.05) is 65.6 Å². The zero-order valence-electron chi connectivity index (χ0n) is 21.5. The molecule has 5 rings (SSSR count). The molecule has 7 nitrogen and oxygen atoms in total. The summed E-state index contributed by atoms with van der Waals surface area (Å²) in [6, 6.07) is 20.9. The molecule has 7 heteroatoms. The van der Waals surface area contributed by atoms with E-state index in [0.717, 1.165) is 23.2 Å². The number of piperidine rings is 1. The molecule has 2 aromatic carbocycles. The Morgan fingerprint density at radius 2 is 1.73 bits per heavy atom. The number of aliphatic hydroxyl groups excluding tert-OH is 1. The Labute approximate surface area is 218 Å². The molecule has 2 amide bonds. The van der Waals surface area contributed by atoms with Gasteiger partial charge in [-0.1, -0.05) is 79.7 Å². The maximum atomic E-state index is 14.0. The average Bonchev–Trinajstić information content (AvgIpc) is 3.48. The Kier molecular flexibility index (Phi) is 7.15. The summed E-state index contributed by atoms with van der Waals surface area (Å²) >= 11 is 0. The number of hydrogen-bond acceptors (Lipinski definition) is 5. The van der Waals surface area contributed by atoms with Crippen LogP contribution in [-0.2, 0) is 17.8 Å². The predicted molar refractivity (Wildman–Crippen MR) is 139 cm³/mol. The van der Waals surface area contributed by atoms with Gasteiger partial charge in [-0.15, -0.1) is 0 Å². The third kappa shape index (κ3) is 5.18. The lowest BCUT2D eigenvalue weighted by Gasteiger charge is -2.37. The summed E-state index contributed by atoms with van der Waals surface area (Å²) in [6.45, 7) is 5.59. The molecule has 0 saturated carbocycles. The van der Waals surface area contributed by atoms with Gasteiger partial charge in [0.25, 0.3) is 5.91 Å². The number of amides is 2. The van der Waals surface area contributed by atoms with E-state index >= 15 is 0 Å². The third-order valence-electron chi connectivity index (χ3n) is 7.81. The molecule has 1 N–H and O–H groups in total. The number of aliphatic hydroxyl groups is 1. The second-order valence-electron chi connectivity index (χ2n) is 10.9. The molecule has 194 valence electrons. The molecule has 2 atom stereocenters. The van der Waals surface area contributed by atoms with Crippen LogP contribution in [-0.4, -0.2) is 51.0 Å². The van der Waals surface area contributed by atoms with Gasteiger partial charge in [0.05, 0.1) is 23.3 Å². The van der Waals surface area contributed by atoms with Crippen LogP contribution in [0.3, 0.4) is 0 Å². The highest BCUT2D eigenvalue weighted by atomic mass is 16.5. The average molecular weight is 502 g/mol. The largest absolute Gasteiger partial charge is 0.386 e. The van der Waals surface area contributed by atoms with E-state index in [2.05, 4.69) is 19.0 Å². The minimum absolute atomic E-state index is 0.0716. The van der Waals surface area contributed by atoms with Crippen molar-refractivity contribution < 1.29 is 19.2 Å². The number of carbonyl (C=O) groups is 2. The molecule has 2 aliphatic rings. The molecule has 0 unspecified atom stereocenters. The number of hydrogen-bond donors (Lipinski definition) is 1. The molecule has 1 aromatic heterocycles. The van der Waals surface area contributed by atoms with Crippen LogP contribution >= 0.6 is 0 Å². The smallest absolute Gasteiger partial charge is 0.292 e. The Bertz CT molecular complexity index is 1220. The number of nitrogens with zero attached hydrogens (tertiary/aromatic N) is 3. The first kappa shape index (κ1) is 25.2. The highest BCUT2D eigenvalue weighted by Gasteiger charge is 2.54. The van der Waals surface area contributed by atoms with Crippen molar-refractivity contribution in [1.82, 2.24) is 15.0 Å². The number of likely N-dealkylation sites (tertiary alicyclic amines) is 2. The van der Waals surface area contributed by atoms with Crippen LogP contribution in [0.5, 0.6) is 0 Å². The van der Waals surface area contributed by atoms with Gasteiger partial charge in [-0.2, -0.15) is 0 Å². The number of benzene rings is 2. The summed E-state index contributed by atoms with van der Waals surface area (Å²) in [7, 11) is 0. The van der Waals surface area contributed by atoms with E-state index in [4.69, 9.17) is 4.52 Å². The first-order chi connectivity index (χ1) is 17.9. The quantitative estimate of drug-likeness (QED) is 0.510. The molecule has 3 aromatic rings. The highest BCUT2D eigenvalue weighted by Crippen LogP contribution is 2.48. The van der Waals surface area contributed by atoms with Crippen LogP contribution in [0.4, 0.5) is 0 Å². The van der Waals surface area contributed by atoms with Crippen molar-refractivity contribution in [2.24, 2.45) is 11.3 Å². The summed E-state index contributed by atoms with van der Waals surface area (Å²) in [6.07, 6.45) is 1.68. The zero-order valence-corrected chi connectivity index (χ0v) is 21.5. The van der Waals surface area contributed by atoms with Crippen molar-refractivity contribution >= 4 is 11.8 Å². The lowest BCUT2D eigenvalue weighted by molar-refractivity contribution is -0.140. The van der Waals surface area contributed by atoms with Gasteiger partial charge in [0.2, 0.25) is 11.7 Å². The van der Waals surface area contributed by atoms with Gasteiger partial charge in [-0.05, 0) is 42.7 Å². The van der Waals surface area contributed by atoms with Gasteiger partial charge < -0.3 is 19.4 Å². The Morgan fingerprint density at radius 3 is 2.38 bits per heavy atom. The summed E-state index contributed by atoms with van der Waals surface area (Å²) in [5.74, 6) is 0.578. The van der Waals surface area contributed by atoms with Gasteiger partial charge >= 0.3 is 0 Å². The summed E-state index contributed by atoms with van der Waals surface area (Å²) in [5, 5.41) is 15.4. The maximum Gasteiger partial charge on any atom is 0.292 e. The van der Waals surface area contributed by atoms with Crippen LogP contribution in [0.2, 0.25) is 0 Å². The molecule has 0 bridgehead atoms. The molecular formula is C30H35N3O4. The summed E-state index contributed by atoms with van der Waals surface area (Å²) in [4.78, 5) is 30.7. The Balaban J connectivity index is 1.33. The van der Waals surface area contributed by atoms with Gasteiger partial charge in [0, 0.05) is 25.7 Å². The predicted octanol–water partition coefficient (Wildman–Crippen LogP) is 4.63. The van der Waals surface area contributed by atoms with E-state index < -0.39 is 11.5 Å².